The van der Waals surface area contributed by atoms with Gasteiger partial charge < -0.3 is 5.11 Å². The fraction of sp³-hybridized carbons (Fsp3) is 0.636. The molecule has 0 aromatic heterocycles. The van der Waals surface area contributed by atoms with E-state index in [0.717, 1.165) is 12.0 Å². The Morgan fingerprint density at radius 1 is 1.33 bits per heavy atom. The molecule has 0 saturated heterocycles. The van der Waals surface area contributed by atoms with Gasteiger partial charge in [-0.3, -0.25) is 0 Å². The minimum atomic E-state index is 0.144. The standard InChI is InChI=1S/C11H20O/c1-3-4-5-6-7-8-11(2)9-10-12/h7-9,12H,3-6,10H2,1-2H3/b8-7-,11-9+. The van der Waals surface area contributed by atoms with Crippen molar-refractivity contribution in [2.45, 2.75) is 39.5 Å². The zero-order valence-electron chi connectivity index (χ0n) is 8.21. The fourth-order valence-corrected chi connectivity index (χ4v) is 0.993. The maximum Gasteiger partial charge on any atom is 0.0617 e. The molecule has 0 spiro atoms. The molecule has 1 N–H and O–H groups in total. The van der Waals surface area contributed by atoms with E-state index in [1.807, 2.05) is 13.0 Å². The van der Waals surface area contributed by atoms with Crippen LogP contribution in [0.25, 0.3) is 0 Å². The highest BCUT2D eigenvalue weighted by atomic mass is 16.2. The average molecular weight is 168 g/mol. The second kappa shape index (κ2) is 8.54. The molecule has 0 saturated carbocycles. The third-order valence-corrected chi connectivity index (χ3v) is 1.77. The van der Waals surface area contributed by atoms with Crippen molar-refractivity contribution in [3.05, 3.63) is 23.8 Å². The summed E-state index contributed by atoms with van der Waals surface area (Å²) >= 11 is 0. The quantitative estimate of drug-likeness (QED) is 0.477. The number of unbranched alkanes of at least 4 members (excludes halogenated alkanes) is 3. The Bertz CT molecular complexity index is 145. The molecule has 12 heavy (non-hydrogen) atoms. The van der Waals surface area contributed by atoms with Crippen LogP contribution in [-0.2, 0) is 0 Å². The molecule has 0 aromatic rings. The lowest BCUT2D eigenvalue weighted by Gasteiger charge is -1.92. The van der Waals surface area contributed by atoms with Crippen molar-refractivity contribution >= 4 is 0 Å². The molecule has 0 heterocycles. The maximum absolute atomic E-state index is 8.57. The van der Waals surface area contributed by atoms with Gasteiger partial charge in [0.05, 0.1) is 6.61 Å². The minimum absolute atomic E-state index is 0.144. The number of allylic oxidation sites excluding steroid dienone is 3. The Labute approximate surface area is 75.8 Å². The van der Waals surface area contributed by atoms with Crippen molar-refractivity contribution in [1.29, 1.82) is 0 Å². The van der Waals surface area contributed by atoms with Crippen LogP contribution in [0.3, 0.4) is 0 Å². The van der Waals surface area contributed by atoms with Gasteiger partial charge in [-0.25, -0.2) is 0 Å². The van der Waals surface area contributed by atoms with Crippen LogP contribution < -0.4 is 0 Å². The van der Waals surface area contributed by atoms with E-state index in [1.54, 1.807) is 0 Å². The Morgan fingerprint density at radius 2 is 2.08 bits per heavy atom. The van der Waals surface area contributed by atoms with E-state index in [9.17, 15) is 0 Å². The Morgan fingerprint density at radius 3 is 2.67 bits per heavy atom. The topological polar surface area (TPSA) is 20.2 Å². The van der Waals surface area contributed by atoms with Gasteiger partial charge in [0.25, 0.3) is 0 Å². The number of aliphatic hydroxyl groups excluding tert-OH is 1. The molecule has 1 nitrogen and oxygen atoms in total. The van der Waals surface area contributed by atoms with Crippen LogP contribution in [0.5, 0.6) is 0 Å². The highest BCUT2D eigenvalue weighted by molar-refractivity contribution is 5.15. The monoisotopic (exact) mass is 168 g/mol. The van der Waals surface area contributed by atoms with Crippen LogP contribution in [0.1, 0.15) is 39.5 Å². The highest BCUT2D eigenvalue weighted by Crippen LogP contribution is 2.02. The summed E-state index contributed by atoms with van der Waals surface area (Å²) in [6.07, 6.45) is 11.1. The lowest BCUT2D eigenvalue weighted by atomic mass is 10.2. The Kier molecular flexibility index (Phi) is 8.14. The zero-order chi connectivity index (χ0) is 9.23. The molecule has 0 amide bonds. The molecule has 0 aliphatic carbocycles. The highest BCUT2D eigenvalue weighted by Gasteiger charge is 1.82. The van der Waals surface area contributed by atoms with Gasteiger partial charge in [-0.2, -0.15) is 0 Å². The molecule has 0 radical (unpaired) electrons. The van der Waals surface area contributed by atoms with Gasteiger partial charge >= 0.3 is 0 Å². The van der Waals surface area contributed by atoms with E-state index in [4.69, 9.17) is 5.11 Å². The minimum Gasteiger partial charge on any atom is -0.392 e. The summed E-state index contributed by atoms with van der Waals surface area (Å²) in [4.78, 5) is 0. The molecule has 0 unspecified atom stereocenters. The van der Waals surface area contributed by atoms with Gasteiger partial charge in [0.15, 0.2) is 0 Å². The van der Waals surface area contributed by atoms with Gasteiger partial charge in [-0.15, -0.1) is 0 Å². The smallest absolute Gasteiger partial charge is 0.0617 e. The Hall–Kier alpha value is -0.560. The predicted molar refractivity (Wildman–Crippen MR) is 54.1 cm³/mol. The van der Waals surface area contributed by atoms with E-state index in [0.29, 0.717) is 0 Å². The van der Waals surface area contributed by atoms with Crippen molar-refractivity contribution in [2.24, 2.45) is 0 Å². The van der Waals surface area contributed by atoms with Crippen LogP contribution in [-0.4, -0.2) is 11.7 Å². The van der Waals surface area contributed by atoms with Crippen molar-refractivity contribution in [3.8, 4) is 0 Å². The van der Waals surface area contributed by atoms with E-state index >= 15 is 0 Å². The summed E-state index contributed by atoms with van der Waals surface area (Å²) in [5.41, 5.74) is 1.15. The number of hydrogen-bond donors (Lipinski definition) is 1. The van der Waals surface area contributed by atoms with Crippen molar-refractivity contribution in [1.82, 2.24) is 0 Å². The summed E-state index contributed by atoms with van der Waals surface area (Å²) in [5.74, 6) is 0. The van der Waals surface area contributed by atoms with E-state index in [1.165, 1.54) is 19.3 Å². The summed E-state index contributed by atoms with van der Waals surface area (Å²) in [5, 5.41) is 8.57. The molecule has 0 rings (SSSR count). The predicted octanol–water partition coefficient (Wildman–Crippen LogP) is 3.06. The molecule has 70 valence electrons. The Balaban J connectivity index is 3.41. The summed E-state index contributed by atoms with van der Waals surface area (Å²) < 4.78 is 0. The lowest BCUT2D eigenvalue weighted by Crippen LogP contribution is -1.76. The molecule has 0 aromatic carbocycles. The van der Waals surface area contributed by atoms with E-state index in [2.05, 4.69) is 19.1 Å². The van der Waals surface area contributed by atoms with Crippen LogP contribution in [0.15, 0.2) is 23.8 Å². The first-order chi connectivity index (χ1) is 5.81. The zero-order valence-corrected chi connectivity index (χ0v) is 8.21. The first-order valence-electron chi connectivity index (χ1n) is 4.75. The molecule has 0 aliphatic rings. The van der Waals surface area contributed by atoms with Crippen LogP contribution >= 0.6 is 0 Å². The second-order valence-corrected chi connectivity index (χ2v) is 3.03. The van der Waals surface area contributed by atoms with E-state index < -0.39 is 0 Å². The molecule has 0 aliphatic heterocycles. The van der Waals surface area contributed by atoms with Gasteiger partial charge in [-0.1, -0.05) is 43.6 Å². The molecule has 1 heteroatoms. The molecule has 0 bridgehead atoms. The summed E-state index contributed by atoms with van der Waals surface area (Å²) in [6.45, 7) is 4.36. The normalized spacial score (nSPS) is 12.8. The van der Waals surface area contributed by atoms with Gasteiger partial charge in [0.1, 0.15) is 0 Å². The van der Waals surface area contributed by atoms with Gasteiger partial charge in [0.2, 0.25) is 0 Å². The molecule has 0 fully saturated rings. The van der Waals surface area contributed by atoms with Crippen LogP contribution in [0.2, 0.25) is 0 Å². The van der Waals surface area contributed by atoms with E-state index in [-0.39, 0.29) is 6.61 Å². The van der Waals surface area contributed by atoms with Crippen LogP contribution in [0, 0.1) is 0 Å². The lowest BCUT2D eigenvalue weighted by molar-refractivity contribution is 0.342. The van der Waals surface area contributed by atoms with Crippen molar-refractivity contribution in [3.63, 3.8) is 0 Å². The first-order valence-corrected chi connectivity index (χ1v) is 4.75. The third-order valence-electron chi connectivity index (χ3n) is 1.77. The molecule has 0 atom stereocenters. The molecular formula is C11H20O. The van der Waals surface area contributed by atoms with Crippen molar-refractivity contribution in [2.75, 3.05) is 6.61 Å². The summed E-state index contributed by atoms with van der Waals surface area (Å²) in [6, 6.07) is 0. The van der Waals surface area contributed by atoms with Gasteiger partial charge in [-0.05, 0) is 19.8 Å². The second-order valence-electron chi connectivity index (χ2n) is 3.03. The van der Waals surface area contributed by atoms with Crippen molar-refractivity contribution < 1.29 is 5.11 Å². The molecular weight excluding hydrogens is 148 g/mol. The maximum atomic E-state index is 8.57. The third kappa shape index (κ3) is 7.55. The largest absolute Gasteiger partial charge is 0.392 e. The van der Waals surface area contributed by atoms with Gasteiger partial charge in [0, 0.05) is 0 Å². The average Bonchev–Trinajstić information content (AvgIpc) is 2.05. The number of aliphatic hydroxyl groups is 1. The SMILES string of the molecule is CCCCC/C=C\C(C)=C\CO. The summed E-state index contributed by atoms with van der Waals surface area (Å²) in [7, 11) is 0. The number of hydrogen-bond acceptors (Lipinski definition) is 1. The van der Waals surface area contributed by atoms with Crippen LogP contribution in [0.4, 0.5) is 0 Å². The number of rotatable bonds is 6. The fourth-order valence-electron chi connectivity index (χ4n) is 0.993. The first kappa shape index (κ1) is 11.4.